The fourth-order valence-electron chi connectivity index (χ4n) is 3.38. The van der Waals surface area contributed by atoms with Crippen molar-refractivity contribution in [1.29, 1.82) is 0 Å². The second-order valence-corrected chi connectivity index (χ2v) is 6.04. The lowest BCUT2D eigenvalue weighted by Gasteiger charge is -2.26. The van der Waals surface area contributed by atoms with E-state index in [2.05, 4.69) is 9.89 Å². The van der Waals surface area contributed by atoms with Crippen LogP contribution < -0.4 is 9.80 Å². The number of carboxylic acids is 1. The fourth-order valence-corrected chi connectivity index (χ4v) is 3.38. The Morgan fingerprint density at radius 3 is 2.44 bits per heavy atom. The smallest absolute Gasteiger partial charge is 0.336 e. The van der Waals surface area contributed by atoms with Crippen LogP contribution in [-0.2, 0) is 0 Å². The maximum Gasteiger partial charge on any atom is 0.336 e. The van der Waals surface area contributed by atoms with Gasteiger partial charge in [0.05, 0.1) is 23.5 Å². The number of carbonyl (C=O) groups is 2. The quantitative estimate of drug-likeness (QED) is 0.870. The summed E-state index contributed by atoms with van der Waals surface area (Å²) in [6.45, 7) is 1.67. The number of anilines is 2. The van der Waals surface area contributed by atoms with Crippen molar-refractivity contribution in [1.82, 2.24) is 0 Å². The van der Waals surface area contributed by atoms with E-state index in [0.29, 0.717) is 0 Å². The number of benzene rings is 2. The third-order valence-corrected chi connectivity index (χ3v) is 4.50. The molecule has 0 bridgehead atoms. The van der Waals surface area contributed by atoms with Gasteiger partial charge in [-0.2, -0.15) is 0 Å². The Kier molecular flexibility index (Phi) is 3.72. The Morgan fingerprint density at radius 1 is 1.00 bits per heavy atom. The number of guanidine groups is 1. The number of fused-ring (bicyclic) bond motifs is 3. The molecule has 2 aromatic rings. The number of hydrogen-bond acceptors (Lipinski definition) is 5. The predicted molar refractivity (Wildman–Crippen MR) is 95.8 cm³/mol. The van der Waals surface area contributed by atoms with Gasteiger partial charge in [-0.3, -0.25) is 9.79 Å². The zero-order valence-corrected chi connectivity index (χ0v) is 13.6. The van der Waals surface area contributed by atoms with Crippen LogP contribution in [-0.4, -0.2) is 42.5 Å². The standard InChI is InChI=1S/C19H17N3O3/c23-17(13-6-1-2-7-14(13)18(24)25)12-22-16-9-4-3-8-15(16)21-11-5-10-20-19(21)22/h1-4,6-9H,5,10-12H2,(H,24,25). The van der Waals surface area contributed by atoms with Crippen molar-refractivity contribution >= 4 is 29.1 Å². The van der Waals surface area contributed by atoms with Crippen molar-refractivity contribution in [3.63, 3.8) is 0 Å². The minimum absolute atomic E-state index is 0.0300. The van der Waals surface area contributed by atoms with Crippen molar-refractivity contribution in [3.05, 3.63) is 59.7 Å². The van der Waals surface area contributed by atoms with Gasteiger partial charge in [0, 0.05) is 18.7 Å². The average Bonchev–Trinajstić information content (AvgIpc) is 2.96. The molecular formula is C19H17N3O3. The Bertz CT molecular complexity index is 891. The largest absolute Gasteiger partial charge is 0.478 e. The first-order valence-corrected chi connectivity index (χ1v) is 8.21. The second-order valence-electron chi connectivity index (χ2n) is 6.04. The van der Waals surface area contributed by atoms with Crippen LogP contribution in [0.4, 0.5) is 11.4 Å². The molecule has 0 aromatic heterocycles. The van der Waals surface area contributed by atoms with Crippen molar-refractivity contribution in [2.75, 3.05) is 29.4 Å². The topological polar surface area (TPSA) is 73.2 Å². The highest BCUT2D eigenvalue weighted by atomic mass is 16.4. The molecule has 6 nitrogen and oxygen atoms in total. The van der Waals surface area contributed by atoms with Crippen LogP contribution in [0.3, 0.4) is 0 Å². The Labute approximate surface area is 145 Å². The summed E-state index contributed by atoms with van der Waals surface area (Å²) in [6.07, 6.45) is 0.974. The lowest BCUT2D eigenvalue weighted by atomic mass is 10.0. The van der Waals surface area contributed by atoms with Gasteiger partial charge in [0.15, 0.2) is 5.78 Å². The summed E-state index contributed by atoms with van der Waals surface area (Å²) in [4.78, 5) is 32.8. The number of carboxylic acid groups (broad SMARTS) is 1. The molecule has 0 saturated carbocycles. The van der Waals surface area contributed by atoms with E-state index in [4.69, 9.17) is 0 Å². The molecule has 2 aliphatic heterocycles. The van der Waals surface area contributed by atoms with E-state index in [9.17, 15) is 14.7 Å². The number of para-hydroxylation sites is 2. The zero-order valence-electron chi connectivity index (χ0n) is 13.6. The molecule has 0 aliphatic carbocycles. The monoisotopic (exact) mass is 335 g/mol. The SMILES string of the molecule is O=C(O)c1ccccc1C(=O)CN1C2=NCCCN2c2ccccc21. The van der Waals surface area contributed by atoms with Crippen LogP contribution in [0, 0.1) is 0 Å². The third-order valence-electron chi connectivity index (χ3n) is 4.50. The van der Waals surface area contributed by atoms with Crippen molar-refractivity contribution in [2.24, 2.45) is 4.99 Å². The molecule has 126 valence electrons. The molecule has 2 heterocycles. The van der Waals surface area contributed by atoms with E-state index < -0.39 is 5.97 Å². The van der Waals surface area contributed by atoms with E-state index in [1.165, 1.54) is 6.07 Å². The van der Waals surface area contributed by atoms with Gasteiger partial charge >= 0.3 is 5.97 Å². The molecule has 6 heteroatoms. The van der Waals surface area contributed by atoms with Crippen molar-refractivity contribution < 1.29 is 14.7 Å². The Morgan fingerprint density at radius 2 is 1.68 bits per heavy atom. The maximum atomic E-state index is 12.8. The normalized spacial score (nSPS) is 15.4. The minimum Gasteiger partial charge on any atom is -0.478 e. The molecule has 0 spiro atoms. The molecular weight excluding hydrogens is 318 g/mol. The van der Waals surface area contributed by atoms with Gasteiger partial charge < -0.3 is 14.9 Å². The van der Waals surface area contributed by atoms with Crippen LogP contribution in [0.1, 0.15) is 27.1 Å². The number of Topliss-reactive ketones (excluding diaryl/α,β-unsaturated/α-hetero) is 1. The summed E-state index contributed by atoms with van der Waals surface area (Å²) < 4.78 is 0. The maximum absolute atomic E-state index is 12.8. The molecule has 2 aliphatic rings. The van der Waals surface area contributed by atoms with Gasteiger partial charge in [-0.15, -0.1) is 0 Å². The first-order valence-electron chi connectivity index (χ1n) is 8.21. The fraction of sp³-hybridized carbons (Fsp3) is 0.211. The van der Waals surface area contributed by atoms with Crippen LogP contribution in [0.25, 0.3) is 0 Å². The van der Waals surface area contributed by atoms with E-state index in [-0.39, 0.29) is 23.5 Å². The molecule has 0 atom stereocenters. The summed E-state index contributed by atoms with van der Waals surface area (Å²) in [5, 5.41) is 9.32. The van der Waals surface area contributed by atoms with Gasteiger partial charge in [0.2, 0.25) is 5.96 Å². The molecule has 0 fully saturated rings. The molecule has 0 amide bonds. The van der Waals surface area contributed by atoms with Crippen LogP contribution in [0.5, 0.6) is 0 Å². The van der Waals surface area contributed by atoms with Crippen molar-refractivity contribution in [3.8, 4) is 0 Å². The van der Waals surface area contributed by atoms with Crippen LogP contribution in [0.15, 0.2) is 53.5 Å². The van der Waals surface area contributed by atoms with Gasteiger partial charge in [0.25, 0.3) is 0 Å². The van der Waals surface area contributed by atoms with Gasteiger partial charge in [-0.05, 0) is 24.6 Å². The summed E-state index contributed by atoms with van der Waals surface area (Å²) in [5.74, 6) is -0.557. The highest BCUT2D eigenvalue weighted by Gasteiger charge is 2.35. The van der Waals surface area contributed by atoms with E-state index in [1.807, 2.05) is 29.2 Å². The molecule has 1 N–H and O–H groups in total. The highest BCUT2D eigenvalue weighted by Crippen LogP contribution is 2.38. The third kappa shape index (κ3) is 2.55. The highest BCUT2D eigenvalue weighted by molar-refractivity contribution is 6.20. The lowest BCUT2D eigenvalue weighted by Crippen LogP contribution is -2.44. The van der Waals surface area contributed by atoms with E-state index in [0.717, 1.165) is 36.8 Å². The zero-order chi connectivity index (χ0) is 17.4. The first-order chi connectivity index (χ1) is 12.2. The number of aliphatic imine (C=N–C) groups is 1. The predicted octanol–water partition coefficient (Wildman–Crippen LogP) is 2.65. The summed E-state index contributed by atoms with van der Waals surface area (Å²) in [6, 6.07) is 14.2. The number of nitrogens with zero attached hydrogens (tertiary/aromatic N) is 3. The van der Waals surface area contributed by atoms with E-state index in [1.54, 1.807) is 18.2 Å². The number of aromatic carboxylic acids is 1. The van der Waals surface area contributed by atoms with Gasteiger partial charge in [-0.1, -0.05) is 30.3 Å². The summed E-state index contributed by atoms with van der Waals surface area (Å²) >= 11 is 0. The van der Waals surface area contributed by atoms with Gasteiger partial charge in [-0.25, -0.2) is 4.79 Å². The molecule has 0 saturated heterocycles. The van der Waals surface area contributed by atoms with Crippen LogP contribution in [0.2, 0.25) is 0 Å². The van der Waals surface area contributed by atoms with Gasteiger partial charge in [0.1, 0.15) is 0 Å². The average molecular weight is 335 g/mol. The Balaban J connectivity index is 1.70. The lowest BCUT2D eigenvalue weighted by molar-refractivity contribution is 0.0692. The second kappa shape index (κ2) is 6.05. The van der Waals surface area contributed by atoms with Crippen LogP contribution >= 0.6 is 0 Å². The molecule has 0 radical (unpaired) electrons. The number of hydrogen-bond donors (Lipinski definition) is 1. The summed E-state index contributed by atoms with van der Waals surface area (Å²) in [7, 11) is 0. The first kappa shape index (κ1) is 15.4. The van der Waals surface area contributed by atoms with E-state index >= 15 is 0 Å². The Hall–Kier alpha value is -3.15. The molecule has 25 heavy (non-hydrogen) atoms. The molecule has 4 rings (SSSR count). The number of rotatable bonds is 4. The summed E-state index contributed by atoms with van der Waals surface area (Å²) in [5.41, 5.74) is 2.23. The number of ketones is 1. The number of carbonyl (C=O) groups excluding carboxylic acids is 1. The van der Waals surface area contributed by atoms with Crippen molar-refractivity contribution in [2.45, 2.75) is 6.42 Å². The molecule has 2 aromatic carbocycles. The molecule has 0 unspecified atom stereocenters. The minimum atomic E-state index is -1.09.